The summed E-state index contributed by atoms with van der Waals surface area (Å²) in [5.41, 5.74) is 0. The molecule has 0 bridgehead atoms. The van der Waals surface area contributed by atoms with E-state index in [4.69, 9.17) is 11.6 Å². The molecule has 1 N–H and O–H groups in total. The van der Waals surface area contributed by atoms with Gasteiger partial charge in [-0.05, 0) is 11.6 Å². The summed E-state index contributed by atoms with van der Waals surface area (Å²) in [6, 6.07) is 0. The van der Waals surface area contributed by atoms with Crippen LogP contribution in [0.15, 0.2) is 18.7 Å². The van der Waals surface area contributed by atoms with Crippen LogP contribution in [-0.2, 0) is 6.54 Å². The van der Waals surface area contributed by atoms with Crippen molar-refractivity contribution in [2.45, 2.75) is 6.54 Å². The third-order valence-electron chi connectivity index (χ3n) is 2.21. The maximum absolute atomic E-state index is 5.83. The molecule has 0 saturated carbocycles. The molecule has 0 fully saturated rings. The van der Waals surface area contributed by atoms with Crippen molar-refractivity contribution in [1.82, 2.24) is 24.5 Å². The summed E-state index contributed by atoms with van der Waals surface area (Å²) < 4.78 is 1.96. The van der Waals surface area contributed by atoms with Crippen LogP contribution >= 0.6 is 11.6 Å². The Kier molecular flexibility index (Phi) is 3.93. The second-order valence-electron chi connectivity index (χ2n) is 3.85. The van der Waals surface area contributed by atoms with Crippen molar-refractivity contribution in [3.63, 3.8) is 0 Å². The molecule has 18 heavy (non-hydrogen) atoms. The Morgan fingerprint density at radius 3 is 2.83 bits per heavy atom. The molecule has 0 unspecified atom stereocenters. The molecule has 0 aliphatic rings. The Labute approximate surface area is 110 Å². The van der Waals surface area contributed by atoms with E-state index in [0.29, 0.717) is 18.4 Å². The van der Waals surface area contributed by atoms with E-state index in [1.807, 2.05) is 24.9 Å². The molecule has 0 aromatic carbocycles. The first-order chi connectivity index (χ1) is 8.65. The predicted octanol–water partition coefficient (Wildman–Crippen LogP) is 0.900. The van der Waals surface area contributed by atoms with E-state index in [0.717, 1.165) is 6.54 Å². The second kappa shape index (κ2) is 5.63. The smallest absolute Gasteiger partial charge is 0.230 e. The minimum absolute atomic E-state index is 0.179. The molecule has 2 rings (SSSR count). The molecule has 7 nitrogen and oxygen atoms in total. The zero-order chi connectivity index (χ0) is 13.0. The van der Waals surface area contributed by atoms with Crippen molar-refractivity contribution < 1.29 is 0 Å². The fraction of sp³-hybridized carbons (Fsp3) is 0.400. The van der Waals surface area contributed by atoms with Gasteiger partial charge in [0.2, 0.25) is 17.2 Å². The summed E-state index contributed by atoms with van der Waals surface area (Å²) in [4.78, 5) is 18.0. The summed E-state index contributed by atoms with van der Waals surface area (Å²) in [6.07, 6.45) is 5.39. The van der Waals surface area contributed by atoms with Crippen molar-refractivity contribution in [3.05, 3.63) is 24.0 Å². The number of rotatable bonds is 5. The van der Waals surface area contributed by atoms with E-state index in [1.54, 1.807) is 17.4 Å². The summed E-state index contributed by atoms with van der Waals surface area (Å²) in [6.45, 7) is 1.46. The highest BCUT2D eigenvalue weighted by Gasteiger charge is 2.05. The third-order valence-corrected chi connectivity index (χ3v) is 2.38. The highest BCUT2D eigenvalue weighted by molar-refractivity contribution is 6.28. The summed E-state index contributed by atoms with van der Waals surface area (Å²) >= 11 is 5.83. The van der Waals surface area contributed by atoms with Gasteiger partial charge >= 0.3 is 0 Å². The molecule has 2 aromatic rings. The largest absolute Gasteiger partial charge is 0.352 e. The molecule has 2 heterocycles. The average molecular weight is 268 g/mol. The van der Waals surface area contributed by atoms with Gasteiger partial charge in [-0.15, -0.1) is 0 Å². The molecule has 2 aromatic heterocycles. The quantitative estimate of drug-likeness (QED) is 0.868. The molecule has 0 aliphatic carbocycles. The Morgan fingerprint density at radius 2 is 2.17 bits per heavy atom. The molecule has 0 aliphatic heterocycles. The van der Waals surface area contributed by atoms with Gasteiger partial charge in [0, 0.05) is 39.6 Å². The minimum atomic E-state index is 0.179. The molecule has 0 radical (unpaired) electrons. The summed E-state index contributed by atoms with van der Waals surface area (Å²) in [5, 5.41) is 3.28. The second-order valence-corrected chi connectivity index (χ2v) is 4.19. The molecular formula is C10H14ClN7. The van der Waals surface area contributed by atoms with Crippen LogP contribution < -0.4 is 10.2 Å². The monoisotopic (exact) mass is 267 g/mol. The van der Waals surface area contributed by atoms with Gasteiger partial charge in [0.05, 0.1) is 6.33 Å². The Bertz CT molecular complexity index is 497. The first-order valence-corrected chi connectivity index (χ1v) is 5.81. The fourth-order valence-corrected chi connectivity index (χ4v) is 1.49. The predicted molar refractivity (Wildman–Crippen MR) is 69.9 cm³/mol. The molecule has 0 spiro atoms. The van der Waals surface area contributed by atoms with Crippen LogP contribution in [-0.4, -0.2) is 45.1 Å². The molecule has 8 heteroatoms. The van der Waals surface area contributed by atoms with Gasteiger partial charge in [0.15, 0.2) is 0 Å². The number of nitrogens with one attached hydrogen (secondary N) is 1. The van der Waals surface area contributed by atoms with Crippen LogP contribution in [0.2, 0.25) is 5.28 Å². The van der Waals surface area contributed by atoms with Crippen molar-refractivity contribution in [1.29, 1.82) is 0 Å². The SMILES string of the molecule is CN(C)c1nc(Cl)nc(NCCn2ccnc2)n1. The van der Waals surface area contributed by atoms with Gasteiger partial charge in [-0.25, -0.2) is 4.98 Å². The minimum Gasteiger partial charge on any atom is -0.352 e. The third kappa shape index (κ3) is 3.30. The van der Waals surface area contributed by atoms with Gasteiger partial charge in [-0.1, -0.05) is 0 Å². The van der Waals surface area contributed by atoms with E-state index >= 15 is 0 Å². The molecule has 0 atom stereocenters. The van der Waals surface area contributed by atoms with Crippen molar-refractivity contribution >= 4 is 23.5 Å². The molecule has 0 saturated heterocycles. The lowest BCUT2D eigenvalue weighted by molar-refractivity contribution is 0.722. The summed E-state index contributed by atoms with van der Waals surface area (Å²) in [5.74, 6) is 0.999. The standard InChI is InChI=1S/C10H14ClN7/c1-17(2)10-15-8(11)14-9(16-10)13-4-6-18-5-3-12-7-18/h3,5,7H,4,6H2,1-2H3,(H,13,14,15,16). The maximum Gasteiger partial charge on any atom is 0.230 e. The maximum atomic E-state index is 5.83. The van der Waals surface area contributed by atoms with Gasteiger partial charge in [-0.3, -0.25) is 0 Å². The number of hydrogen-bond donors (Lipinski definition) is 1. The lowest BCUT2D eigenvalue weighted by Crippen LogP contribution is -2.16. The Morgan fingerprint density at radius 1 is 1.33 bits per heavy atom. The topological polar surface area (TPSA) is 71.8 Å². The first-order valence-electron chi connectivity index (χ1n) is 5.43. The zero-order valence-corrected chi connectivity index (χ0v) is 11.0. The first kappa shape index (κ1) is 12.6. The number of anilines is 2. The Hall–Kier alpha value is -1.89. The summed E-state index contributed by atoms with van der Waals surface area (Å²) in [7, 11) is 3.70. The highest BCUT2D eigenvalue weighted by Crippen LogP contribution is 2.11. The fourth-order valence-electron chi connectivity index (χ4n) is 1.33. The van der Waals surface area contributed by atoms with Crippen LogP contribution in [0.4, 0.5) is 11.9 Å². The van der Waals surface area contributed by atoms with Crippen LogP contribution in [0.5, 0.6) is 0 Å². The number of nitrogens with zero attached hydrogens (tertiary/aromatic N) is 6. The van der Waals surface area contributed by atoms with Crippen LogP contribution in [0.1, 0.15) is 0 Å². The molecule has 0 amide bonds. The van der Waals surface area contributed by atoms with Crippen molar-refractivity contribution in [2.24, 2.45) is 0 Å². The van der Waals surface area contributed by atoms with E-state index in [2.05, 4.69) is 25.3 Å². The number of hydrogen-bond acceptors (Lipinski definition) is 6. The van der Waals surface area contributed by atoms with Gasteiger partial charge < -0.3 is 14.8 Å². The number of aromatic nitrogens is 5. The van der Waals surface area contributed by atoms with Crippen LogP contribution in [0.25, 0.3) is 0 Å². The average Bonchev–Trinajstić information content (AvgIpc) is 2.81. The number of halogens is 1. The molecular weight excluding hydrogens is 254 g/mol. The van der Waals surface area contributed by atoms with Crippen LogP contribution in [0.3, 0.4) is 0 Å². The normalized spacial score (nSPS) is 10.4. The lowest BCUT2D eigenvalue weighted by atomic mass is 10.6. The van der Waals surface area contributed by atoms with E-state index in [1.165, 1.54) is 0 Å². The van der Waals surface area contributed by atoms with E-state index in [-0.39, 0.29) is 5.28 Å². The zero-order valence-electron chi connectivity index (χ0n) is 10.2. The number of imidazole rings is 1. The van der Waals surface area contributed by atoms with Gasteiger partial charge in [0.25, 0.3) is 0 Å². The highest BCUT2D eigenvalue weighted by atomic mass is 35.5. The van der Waals surface area contributed by atoms with Gasteiger partial charge in [-0.2, -0.15) is 15.0 Å². The Balaban J connectivity index is 1.96. The molecule has 96 valence electrons. The lowest BCUT2D eigenvalue weighted by Gasteiger charge is -2.11. The van der Waals surface area contributed by atoms with Gasteiger partial charge in [0.1, 0.15) is 0 Å². The van der Waals surface area contributed by atoms with Crippen LogP contribution in [0, 0.1) is 0 Å². The van der Waals surface area contributed by atoms with E-state index in [9.17, 15) is 0 Å². The van der Waals surface area contributed by atoms with Crippen molar-refractivity contribution in [3.8, 4) is 0 Å². The van der Waals surface area contributed by atoms with Crippen molar-refractivity contribution in [2.75, 3.05) is 30.9 Å². The van der Waals surface area contributed by atoms with E-state index < -0.39 is 0 Å².